The van der Waals surface area contributed by atoms with Crippen LogP contribution in [0.1, 0.15) is 25.8 Å². The first-order valence-corrected chi connectivity index (χ1v) is 4.96. The number of pyridine rings is 1. The van der Waals surface area contributed by atoms with Crippen LogP contribution in [0.4, 0.5) is 5.82 Å². The Morgan fingerprint density at radius 3 is 2.93 bits per heavy atom. The zero-order valence-corrected chi connectivity index (χ0v) is 8.53. The zero-order chi connectivity index (χ0) is 10.1. The Balaban J connectivity index is 2.46. The Bertz CT molecular complexity index is 360. The van der Waals surface area contributed by atoms with Crippen LogP contribution < -0.4 is 4.90 Å². The van der Waals surface area contributed by atoms with E-state index in [4.69, 9.17) is 0 Å². The molecule has 0 N–H and O–H groups in total. The van der Waals surface area contributed by atoms with Crippen molar-refractivity contribution in [2.75, 3.05) is 4.90 Å². The molecule has 0 fully saturated rings. The summed E-state index contributed by atoms with van der Waals surface area (Å²) in [4.78, 5) is 17.8. The second kappa shape index (κ2) is 3.40. The molecule has 1 amide bonds. The summed E-state index contributed by atoms with van der Waals surface area (Å²) in [5, 5.41) is 0. The third-order valence-electron chi connectivity index (χ3n) is 2.49. The number of carbonyl (C=O) groups excluding carboxylic acids is 1. The highest BCUT2D eigenvalue weighted by Gasteiger charge is 2.26. The molecule has 0 spiro atoms. The van der Waals surface area contributed by atoms with Crippen LogP contribution in [0.15, 0.2) is 18.3 Å². The van der Waals surface area contributed by atoms with Crippen molar-refractivity contribution in [1.29, 1.82) is 0 Å². The average Bonchev–Trinajstić information content (AvgIpc) is 2.17. The van der Waals surface area contributed by atoms with E-state index in [1.165, 1.54) is 5.56 Å². The Morgan fingerprint density at radius 2 is 2.21 bits per heavy atom. The highest BCUT2D eigenvalue weighted by atomic mass is 16.2. The van der Waals surface area contributed by atoms with E-state index in [-0.39, 0.29) is 11.9 Å². The molecule has 0 aliphatic carbocycles. The topological polar surface area (TPSA) is 33.2 Å². The van der Waals surface area contributed by atoms with Gasteiger partial charge in [-0.2, -0.15) is 0 Å². The van der Waals surface area contributed by atoms with Gasteiger partial charge < -0.3 is 0 Å². The number of hydrogen-bond donors (Lipinski definition) is 0. The van der Waals surface area contributed by atoms with Crippen LogP contribution in [-0.2, 0) is 11.2 Å². The maximum Gasteiger partial charge on any atom is 0.228 e. The summed E-state index contributed by atoms with van der Waals surface area (Å²) in [6.45, 7) is 4.03. The molecule has 0 unspecified atom stereocenters. The first kappa shape index (κ1) is 9.19. The third-order valence-corrected chi connectivity index (χ3v) is 2.49. The minimum atomic E-state index is 0.186. The number of rotatable bonds is 1. The molecule has 0 saturated carbocycles. The molecule has 3 heteroatoms. The van der Waals surface area contributed by atoms with Gasteiger partial charge >= 0.3 is 0 Å². The molecule has 1 aromatic rings. The van der Waals surface area contributed by atoms with E-state index in [9.17, 15) is 4.79 Å². The molecule has 2 heterocycles. The van der Waals surface area contributed by atoms with Gasteiger partial charge in [-0.3, -0.25) is 9.69 Å². The zero-order valence-electron chi connectivity index (χ0n) is 8.53. The summed E-state index contributed by atoms with van der Waals surface area (Å²) in [6, 6.07) is 4.16. The van der Waals surface area contributed by atoms with Gasteiger partial charge in [0.05, 0.1) is 0 Å². The number of nitrogens with zero attached hydrogens (tertiary/aromatic N) is 2. The van der Waals surface area contributed by atoms with Crippen LogP contribution in [0.2, 0.25) is 0 Å². The highest BCUT2D eigenvalue weighted by molar-refractivity contribution is 5.95. The van der Waals surface area contributed by atoms with Gasteiger partial charge in [-0.15, -0.1) is 0 Å². The Morgan fingerprint density at radius 1 is 1.43 bits per heavy atom. The second-order valence-electron chi connectivity index (χ2n) is 3.84. The molecular formula is C11H14N2O. The maximum absolute atomic E-state index is 11.7. The molecule has 0 atom stereocenters. The summed E-state index contributed by atoms with van der Waals surface area (Å²) < 4.78 is 0. The third kappa shape index (κ3) is 1.39. The first-order chi connectivity index (χ1) is 6.70. The van der Waals surface area contributed by atoms with Crippen molar-refractivity contribution < 1.29 is 4.79 Å². The molecule has 3 nitrogen and oxygen atoms in total. The van der Waals surface area contributed by atoms with Gasteiger partial charge in [-0.05, 0) is 31.9 Å². The van der Waals surface area contributed by atoms with E-state index in [2.05, 4.69) is 4.98 Å². The molecule has 0 bridgehead atoms. The summed E-state index contributed by atoms with van der Waals surface area (Å²) >= 11 is 0. The number of aryl methyl sites for hydroxylation is 1. The van der Waals surface area contributed by atoms with E-state index in [1.54, 1.807) is 11.1 Å². The molecule has 1 aliphatic rings. The smallest absolute Gasteiger partial charge is 0.228 e. The van der Waals surface area contributed by atoms with Crippen molar-refractivity contribution in [2.24, 2.45) is 0 Å². The largest absolute Gasteiger partial charge is 0.294 e. The Hall–Kier alpha value is -1.38. The van der Waals surface area contributed by atoms with Crippen LogP contribution in [0.3, 0.4) is 0 Å². The molecule has 14 heavy (non-hydrogen) atoms. The standard InChI is InChI=1S/C11H14N2O/c1-8(2)13-10(14)6-5-9-4-3-7-12-11(9)13/h3-4,7-8H,5-6H2,1-2H3. The summed E-state index contributed by atoms with van der Waals surface area (Å²) in [5.41, 5.74) is 1.18. The van der Waals surface area contributed by atoms with Crippen LogP contribution in [0, 0.1) is 0 Å². The van der Waals surface area contributed by atoms with Gasteiger partial charge in [0.25, 0.3) is 0 Å². The number of fused-ring (bicyclic) bond motifs is 1. The Kier molecular flexibility index (Phi) is 2.23. The number of amides is 1. The molecule has 0 aromatic carbocycles. The van der Waals surface area contributed by atoms with E-state index < -0.39 is 0 Å². The normalized spacial score (nSPS) is 15.9. The fourth-order valence-electron chi connectivity index (χ4n) is 1.86. The lowest BCUT2D eigenvalue weighted by Gasteiger charge is -2.31. The monoisotopic (exact) mass is 190 g/mol. The predicted octanol–water partition coefficient (Wildman–Crippen LogP) is 1.77. The summed E-state index contributed by atoms with van der Waals surface area (Å²) in [5.74, 6) is 1.03. The van der Waals surface area contributed by atoms with Crippen LogP contribution >= 0.6 is 0 Å². The lowest BCUT2D eigenvalue weighted by molar-refractivity contribution is -0.119. The van der Waals surface area contributed by atoms with Crippen molar-refractivity contribution in [3.63, 3.8) is 0 Å². The lowest BCUT2D eigenvalue weighted by atomic mass is 10.0. The second-order valence-corrected chi connectivity index (χ2v) is 3.84. The van der Waals surface area contributed by atoms with Crippen molar-refractivity contribution in [2.45, 2.75) is 32.7 Å². The van der Waals surface area contributed by atoms with E-state index in [0.717, 1.165) is 12.2 Å². The highest BCUT2D eigenvalue weighted by Crippen LogP contribution is 2.26. The predicted molar refractivity (Wildman–Crippen MR) is 55.2 cm³/mol. The summed E-state index contributed by atoms with van der Waals surface area (Å²) in [7, 11) is 0. The van der Waals surface area contributed by atoms with Crippen molar-refractivity contribution in [1.82, 2.24) is 4.98 Å². The molecule has 74 valence electrons. The SMILES string of the molecule is CC(C)N1C(=O)CCc2cccnc21. The van der Waals surface area contributed by atoms with E-state index in [0.29, 0.717) is 6.42 Å². The lowest BCUT2D eigenvalue weighted by Crippen LogP contribution is -2.40. The fraction of sp³-hybridized carbons (Fsp3) is 0.455. The van der Waals surface area contributed by atoms with Gasteiger partial charge in [0, 0.05) is 18.7 Å². The molecule has 1 aromatic heterocycles. The number of hydrogen-bond acceptors (Lipinski definition) is 2. The van der Waals surface area contributed by atoms with Crippen molar-refractivity contribution in [3.8, 4) is 0 Å². The number of aromatic nitrogens is 1. The van der Waals surface area contributed by atoms with E-state index in [1.807, 2.05) is 26.0 Å². The van der Waals surface area contributed by atoms with E-state index >= 15 is 0 Å². The van der Waals surface area contributed by atoms with Gasteiger partial charge in [0.2, 0.25) is 5.91 Å². The molecule has 2 rings (SSSR count). The minimum absolute atomic E-state index is 0.186. The first-order valence-electron chi connectivity index (χ1n) is 4.96. The minimum Gasteiger partial charge on any atom is -0.294 e. The van der Waals surface area contributed by atoms with Crippen LogP contribution in [-0.4, -0.2) is 16.9 Å². The van der Waals surface area contributed by atoms with Gasteiger partial charge in [0.15, 0.2) is 0 Å². The van der Waals surface area contributed by atoms with Crippen LogP contribution in [0.25, 0.3) is 0 Å². The number of carbonyl (C=O) groups is 1. The molecule has 1 aliphatic heterocycles. The van der Waals surface area contributed by atoms with Crippen molar-refractivity contribution >= 4 is 11.7 Å². The maximum atomic E-state index is 11.7. The Labute approximate surface area is 83.8 Å². The molecule has 0 saturated heterocycles. The molecular weight excluding hydrogens is 176 g/mol. The molecule has 0 radical (unpaired) electrons. The quantitative estimate of drug-likeness (QED) is 0.676. The summed E-state index contributed by atoms with van der Waals surface area (Å²) in [6.07, 6.45) is 3.18. The van der Waals surface area contributed by atoms with Gasteiger partial charge in [-0.25, -0.2) is 4.98 Å². The van der Waals surface area contributed by atoms with Crippen LogP contribution in [0.5, 0.6) is 0 Å². The fourth-order valence-corrected chi connectivity index (χ4v) is 1.86. The van der Waals surface area contributed by atoms with Gasteiger partial charge in [0.1, 0.15) is 5.82 Å². The van der Waals surface area contributed by atoms with Gasteiger partial charge in [-0.1, -0.05) is 6.07 Å². The van der Waals surface area contributed by atoms with Crippen molar-refractivity contribution in [3.05, 3.63) is 23.9 Å². The average molecular weight is 190 g/mol. The number of anilines is 1.